The Labute approximate surface area is 164 Å². The third-order valence-electron chi connectivity index (χ3n) is 4.95. The lowest BCUT2D eigenvalue weighted by Gasteiger charge is -2.16. The van der Waals surface area contributed by atoms with Crippen LogP contribution in [0.5, 0.6) is 5.75 Å². The second-order valence-corrected chi connectivity index (χ2v) is 7.60. The highest BCUT2D eigenvalue weighted by Crippen LogP contribution is 2.39. The van der Waals surface area contributed by atoms with E-state index in [1.807, 2.05) is 0 Å². The second-order valence-electron chi connectivity index (χ2n) is 6.69. The van der Waals surface area contributed by atoms with Gasteiger partial charge >= 0.3 is 0 Å². The standard InChI is InChI=1S/C24H23NOS/c1-17(19-8-4-3-5-9-19)25-15-18-12-13-23(26-2)21(14-18)22-16-27-24-11-7-6-10-20(22)24/h3-14,16-17,25H,15H2,1-2H3/t17-/m1/s1. The molecule has 0 spiro atoms. The summed E-state index contributed by atoms with van der Waals surface area (Å²) in [5, 5.41) is 7.13. The third kappa shape index (κ3) is 3.75. The number of hydrogen-bond donors (Lipinski definition) is 1. The summed E-state index contributed by atoms with van der Waals surface area (Å²) in [5.41, 5.74) is 4.95. The maximum atomic E-state index is 5.65. The van der Waals surface area contributed by atoms with Gasteiger partial charge in [-0.25, -0.2) is 0 Å². The fourth-order valence-electron chi connectivity index (χ4n) is 3.39. The van der Waals surface area contributed by atoms with Gasteiger partial charge in [0.15, 0.2) is 0 Å². The largest absolute Gasteiger partial charge is 0.496 e. The van der Waals surface area contributed by atoms with E-state index in [1.54, 1.807) is 18.4 Å². The minimum Gasteiger partial charge on any atom is -0.496 e. The Kier molecular flexibility index (Phi) is 5.23. The van der Waals surface area contributed by atoms with Crippen molar-refractivity contribution in [3.05, 3.63) is 89.3 Å². The molecule has 1 atom stereocenters. The molecule has 0 saturated heterocycles. The number of rotatable bonds is 6. The van der Waals surface area contributed by atoms with Crippen LogP contribution in [0, 0.1) is 0 Å². The minimum absolute atomic E-state index is 0.304. The number of fused-ring (bicyclic) bond motifs is 1. The van der Waals surface area contributed by atoms with E-state index < -0.39 is 0 Å². The molecule has 4 aromatic rings. The molecule has 1 aromatic heterocycles. The zero-order valence-electron chi connectivity index (χ0n) is 15.6. The van der Waals surface area contributed by atoms with Crippen molar-refractivity contribution in [2.24, 2.45) is 0 Å². The molecule has 0 amide bonds. The number of hydrogen-bond acceptors (Lipinski definition) is 3. The average molecular weight is 374 g/mol. The lowest BCUT2D eigenvalue weighted by atomic mass is 10.0. The van der Waals surface area contributed by atoms with Gasteiger partial charge in [-0.3, -0.25) is 0 Å². The van der Waals surface area contributed by atoms with Gasteiger partial charge in [-0.15, -0.1) is 11.3 Å². The van der Waals surface area contributed by atoms with Crippen LogP contribution < -0.4 is 10.1 Å². The van der Waals surface area contributed by atoms with Gasteiger partial charge in [0.1, 0.15) is 5.75 Å². The van der Waals surface area contributed by atoms with Crippen LogP contribution in [0.1, 0.15) is 24.1 Å². The topological polar surface area (TPSA) is 21.3 Å². The van der Waals surface area contributed by atoms with E-state index in [0.717, 1.165) is 17.9 Å². The van der Waals surface area contributed by atoms with Gasteiger partial charge in [0.2, 0.25) is 0 Å². The lowest BCUT2D eigenvalue weighted by Crippen LogP contribution is -2.18. The Morgan fingerprint density at radius 2 is 1.70 bits per heavy atom. The summed E-state index contributed by atoms with van der Waals surface area (Å²) in [6, 6.07) is 25.8. The Bertz CT molecular complexity index is 1040. The molecule has 3 heteroatoms. The van der Waals surface area contributed by atoms with Crippen molar-refractivity contribution < 1.29 is 4.74 Å². The van der Waals surface area contributed by atoms with Crippen LogP contribution in [0.2, 0.25) is 0 Å². The highest BCUT2D eigenvalue weighted by molar-refractivity contribution is 7.17. The predicted molar refractivity (Wildman–Crippen MR) is 116 cm³/mol. The smallest absolute Gasteiger partial charge is 0.126 e. The molecule has 27 heavy (non-hydrogen) atoms. The Morgan fingerprint density at radius 3 is 2.52 bits per heavy atom. The monoisotopic (exact) mass is 373 g/mol. The zero-order valence-corrected chi connectivity index (χ0v) is 16.4. The van der Waals surface area contributed by atoms with Crippen molar-refractivity contribution in [3.63, 3.8) is 0 Å². The van der Waals surface area contributed by atoms with E-state index >= 15 is 0 Å². The molecule has 0 saturated carbocycles. The summed E-state index contributed by atoms with van der Waals surface area (Å²) < 4.78 is 6.95. The molecule has 3 aromatic carbocycles. The van der Waals surface area contributed by atoms with E-state index in [0.29, 0.717) is 6.04 Å². The lowest BCUT2D eigenvalue weighted by molar-refractivity contribution is 0.416. The van der Waals surface area contributed by atoms with Crippen LogP contribution in [0.4, 0.5) is 0 Å². The molecule has 0 unspecified atom stereocenters. The summed E-state index contributed by atoms with van der Waals surface area (Å²) in [6.45, 7) is 3.02. The molecule has 4 rings (SSSR count). The number of nitrogens with one attached hydrogen (secondary N) is 1. The fraction of sp³-hybridized carbons (Fsp3) is 0.167. The maximum Gasteiger partial charge on any atom is 0.126 e. The molecule has 0 fully saturated rings. The van der Waals surface area contributed by atoms with Crippen molar-refractivity contribution in [1.82, 2.24) is 5.32 Å². The quantitative estimate of drug-likeness (QED) is 0.420. The van der Waals surface area contributed by atoms with Gasteiger partial charge in [-0.1, -0.05) is 54.6 Å². The van der Waals surface area contributed by atoms with Gasteiger partial charge in [0.25, 0.3) is 0 Å². The molecular formula is C24H23NOS. The third-order valence-corrected chi connectivity index (χ3v) is 5.91. The summed E-state index contributed by atoms with van der Waals surface area (Å²) in [4.78, 5) is 0. The molecule has 0 aliphatic heterocycles. The van der Waals surface area contributed by atoms with Crippen molar-refractivity contribution in [2.45, 2.75) is 19.5 Å². The van der Waals surface area contributed by atoms with E-state index in [4.69, 9.17) is 4.74 Å². The van der Waals surface area contributed by atoms with Crippen LogP contribution in [0.15, 0.2) is 78.2 Å². The molecule has 136 valence electrons. The first kappa shape index (κ1) is 17.8. The van der Waals surface area contributed by atoms with E-state index in [1.165, 1.54) is 26.8 Å². The Morgan fingerprint density at radius 1 is 0.926 bits per heavy atom. The Hall–Kier alpha value is -2.62. The predicted octanol–water partition coefficient (Wildman–Crippen LogP) is 6.43. The molecule has 0 aliphatic carbocycles. The molecule has 1 heterocycles. The van der Waals surface area contributed by atoms with Crippen LogP contribution in [0.25, 0.3) is 21.2 Å². The SMILES string of the molecule is COc1ccc(CN[C@H](C)c2ccccc2)cc1-c1csc2ccccc12. The van der Waals surface area contributed by atoms with E-state index in [2.05, 4.69) is 90.4 Å². The molecule has 0 bridgehead atoms. The van der Waals surface area contributed by atoms with Crippen molar-refractivity contribution >= 4 is 21.4 Å². The maximum absolute atomic E-state index is 5.65. The van der Waals surface area contributed by atoms with Gasteiger partial charge in [-0.05, 0) is 41.6 Å². The van der Waals surface area contributed by atoms with Gasteiger partial charge in [0.05, 0.1) is 7.11 Å². The van der Waals surface area contributed by atoms with Crippen LogP contribution in [0.3, 0.4) is 0 Å². The number of methoxy groups -OCH3 is 1. The van der Waals surface area contributed by atoms with Crippen molar-refractivity contribution in [3.8, 4) is 16.9 Å². The first-order chi connectivity index (χ1) is 13.3. The summed E-state index contributed by atoms with van der Waals surface area (Å²) >= 11 is 1.78. The highest BCUT2D eigenvalue weighted by atomic mass is 32.1. The Balaban J connectivity index is 1.61. The molecule has 0 aliphatic rings. The normalized spacial score (nSPS) is 12.2. The minimum atomic E-state index is 0.304. The first-order valence-electron chi connectivity index (χ1n) is 9.18. The fourth-order valence-corrected chi connectivity index (χ4v) is 4.35. The van der Waals surface area contributed by atoms with Crippen LogP contribution in [-0.2, 0) is 6.54 Å². The zero-order chi connectivity index (χ0) is 18.6. The van der Waals surface area contributed by atoms with Gasteiger partial charge in [0, 0.05) is 33.8 Å². The summed E-state index contributed by atoms with van der Waals surface area (Å²) in [7, 11) is 1.74. The van der Waals surface area contributed by atoms with E-state index in [9.17, 15) is 0 Å². The number of benzene rings is 3. The van der Waals surface area contributed by atoms with Crippen molar-refractivity contribution in [1.29, 1.82) is 0 Å². The molecule has 1 N–H and O–H groups in total. The number of ether oxygens (including phenoxy) is 1. The first-order valence-corrected chi connectivity index (χ1v) is 10.1. The number of thiophene rings is 1. The van der Waals surface area contributed by atoms with E-state index in [-0.39, 0.29) is 0 Å². The van der Waals surface area contributed by atoms with Gasteiger partial charge < -0.3 is 10.1 Å². The second kappa shape index (κ2) is 7.95. The summed E-state index contributed by atoms with van der Waals surface area (Å²) in [5.74, 6) is 0.915. The molecular weight excluding hydrogens is 350 g/mol. The van der Waals surface area contributed by atoms with Crippen molar-refractivity contribution in [2.75, 3.05) is 7.11 Å². The van der Waals surface area contributed by atoms with Crippen LogP contribution >= 0.6 is 11.3 Å². The highest BCUT2D eigenvalue weighted by Gasteiger charge is 2.12. The van der Waals surface area contributed by atoms with Crippen LogP contribution in [-0.4, -0.2) is 7.11 Å². The molecule has 0 radical (unpaired) electrons. The summed E-state index contributed by atoms with van der Waals surface area (Å²) in [6.07, 6.45) is 0. The molecule has 2 nitrogen and oxygen atoms in total. The van der Waals surface area contributed by atoms with Gasteiger partial charge in [-0.2, -0.15) is 0 Å². The average Bonchev–Trinajstić information content (AvgIpc) is 3.16.